The van der Waals surface area contributed by atoms with Crippen molar-refractivity contribution in [1.29, 1.82) is 0 Å². The van der Waals surface area contributed by atoms with Gasteiger partial charge in [0.1, 0.15) is 17.1 Å². The average molecular weight is 452 g/mol. The molecule has 1 amide bonds. The van der Waals surface area contributed by atoms with Crippen LogP contribution >= 0.6 is 11.9 Å². The number of aromatic nitrogens is 2. The Labute approximate surface area is 178 Å². The molecule has 1 aromatic heterocycles. The Kier molecular flexibility index (Phi) is 6.46. The van der Waals surface area contributed by atoms with E-state index >= 15 is 0 Å². The third-order valence-electron chi connectivity index (χ3n) is 4.25. The van der Waals surface area contributed by atoms with E-state index in [0.29, 0.717) is 16.1 Å². The highest BCUT2D eigenvalue weighted by Gasteiger charge is 2.38. The van der Waals surface area contributed by atoms with Crippen LogP contribution in [0.4, 0.5) is 23.2 Å². The van der Waals surface area contributed by atoms with Gasteiger partial charge in [0.15, 0.2) is 5.69 Å². The largest absolute Gasteiger partial charge is 0.437 e. The molecule has 11 heteroatoms. The molecule has 6 nitrogen and oxygen atoms in total. The van der Waals surface area contributed by atoms with Crippen LogP contribution in [0, 0.1) is 19.7 Å². The van der Waals surface area contributed by atoms with Crippen LogP contribution in [0.1, 0.15) is 27.2 Å². The fourth-order valence-corrected chi connectivity index (χ4v) is 3.13. The summed E-state index contributed by atoms with van der Waals surface area (Å²) in [4.78, 5) is 13.6. The number of hydrogen-bond donors (Lipinski definition) is 2. The number of carbonyl (C=O) groups excluding carboxylic acids is 1. The molecule has 162 valence electrons. The molecule has 0 atom stereocenters. The first-order valence-electron chi connectivity index (χ1n) is 8.76. The van der Waals surface area contributed by atoms with Crippen LogP contribution in [-0.2, 0) is 6.18 Å². The van der Waals surface area contributed by atoms with Crippen molar-refractivity contribution in [3.63, 3.8) is 0 Å². The zero-order valence-corrected chi connectivity index (χ0v) is 17.1. The number of amides is 1. The SMILES string of the molecule is Cc1cc(F)ccc1Oc1nnc(C(F)(F)F)c(C)c1C(=O)Nc1cccc(SN)c1. The van der Waals surface area contributed by atoms with Crippen molar-refractivity contribution in [2.45, 2.75) is 24.9 Å². The van der Waals surface area contributed by atoms with E-state index in [2.05, 4.69) is 15.5 Å². The van der Waals surface area contributed by atoms with E-state index < -0.39 is 40.6 Å². The van der Waals surface area contributed by atoms with Crippen LogP contribution in [-0.4, -0.2) is 16.1 Å². The van der Waals surface area contributed by atoms with Gasteiger partial charge in [-0.3, -0.25) is 9.93 Å². The lowest BCUT2D eigenvalue weighted by Crippen LogP contribution is -2.21. The molecule has 0 saturated heterocycles. The number of aryl methyl sites for hydroxylation is 1. The standard InChI is InChI=1S/C20H16F4N4O2S/c1-10-8-12(21)6-7-15(10)30-19-16(11(2)17(27-28-19)20(22,23)24)18(29)26-13-4-3-5-14(9-13)31-25/h3-9H,25H2,1-2H3,(H,26,29). The lowest BCUT2D eigenvalue weighted by atomic mass is 10.1. The number of nitrogens with one attached hydrogen (secondary N) is 1. The van der Waals surface area contributed by atoms with Crippen LogP contribution in [0.15, 0.2) is 47.4 Å². The number of rotatable bonds is 5. The number of nitrogens with two attached hydrogens (primary N) is 1. The molecule has 3 aromatic rings. The number of carbonyl (C=O) groups is 1. The van der Waals surface area contributed by atoms with Gasteiger partial charge < -0.3 is 10.1 Å². The fourth-order valence-electron chi connectivity index (χ4n) is 2.78. The first-order chi connectivity index (χ1) is 14.6. The lowest BCUT2D eigenvalue weighted by molar-refractivity contribution is -0.142. The normalized spacial score (nSPS) is 11.3. The molecule has 0 aliphatic rings. The van der Waals surface area contributed by atoms with Gasteiger partial charge in [0.05, 0.1) is 0 Å². The molecule has 0 spiro atoms. The number of alkyl halides is 3. The van der Waals surface area contributed by atoms with Crippen molar-refractivity contribution in [3.8, 4) is 11.6 Å². The lowest BCUT2D eigenvalue weighted by Gasteiger charge is -2.16. The van der Waals surface area contributed by atoms with Crippen LogP contribution in [0.5, 0.6) is 11.6 Å². The molecule has 0 radical (unpaired) electrons. The summed E-state index contributed by atoms with van der Waals surface area (Å²) < 4.78 is 59.0. The monoisotopic (exact) mass is 452 g/mol. The maximum absolute atomic E-state index is 13.4. The second-order valence-corrected chi connectivity index (χ2v) is 7.17. The molecular weight excluding hydrogens is 436 g/mol. The Balaban J connectivity index is 2.06. The zero-order valence-electron chi connectivity index (χ0n) is 16.2. The number of hydrogen-bond acceptors (Lipinski definition) is 6. The minimum atomic E-state index is -4.83. The highest BCUT2D eigenvalue weighted by molar-refractivity contribution is 7.97. The van der Waals surface area contributed by atoms with Gasteiger partial charge in [-0.05, 0) is 73.3 Å². The Bertz CT molecular complexity index is 1140. The molecule has 0 fully saturated rings. The Morgan fingerprint density at radius 2 is 1.87 bits per heavy atom. The smallest absolute Gasteiger partial charge is 0.435 e. The third-order valence-corrected chi connectivity index (χ3v) is 4.78. The Morgan fingerprint density at radius 3 is 2.52 bits per heavy atom. The van der Waals surface area contributed by atoms with Crippen molar-refractivity contribution in [3.05, 3.63) is 70.7 Å². The molecular formula is C20H16F4N4O2S. The minimum absolute atomic E-state index is 0.116. The predicted octanol–water partition coefficient (Wildman–Crippen LogP) is 5.26. The highest BCUT2D eigenvalue weighted by atomic mass is 32.2. The third kappa shape index (κ3) is 5.12. The number of nitrogens with zero attached hydrogens (tertiary/aromatic N) is 2. The van der Waals surface area contributed by atoms with Crippen molar-refractivity contribution < 1.29 is 27.1 Å². The number of benzene rings is 2. The summed E-state index contributed by atoms with van der Waals surface area (Å²) in [5, 5.41) is 14.7. The van der Waals surface area contributed by atoms with Crippen molar-refractivity contribution in [2.24, 2.45) is 5.14 Å². The van der Waals surface area contributed by atoms with E-state index in [0.717, 1.165) is 24.9 Å². The number of halogens is 4. The zero-order chi connectivity index (χ0) is 22.8. The van der Waals surface area contributed by atoms with Crippen LogP contribution in [0.2, 0.25) is 0 Å². The molecule has 0 aliphatic carbocycles. The summed E-state index contributed by atoms with van der Waals surface area (Å²) in [5.74, 6) is -1.73. The van der Waals surface area contributed by atoms with Crippen molar-refractivity contribution >= 4 is 23.5 Å². The quantitative estimate of drug-likeness (QED) is 0.405. The van der Waals surface area contributed by atoms with E-state index in [-0.39, 0.29) is 5.75 Å². The molecule has 0 bridgehead atoms. The fraction of sp³-hybridized carbons (Fsp3) is 0.150. The molecule has 2 aromatic carbocycles. The van der Waals surface area contributed by atoms with Crippen LogP contribution in [0.25, 0.3) is 0 Å². The van der Waals surface area contributed by atoms with Crippen molar-refractivity contribution in [2.75, 3.05) is 5.32 Å². The topological polar surface area (TPSA) is 90.1 Å². The van der Waals surface area contributed by atoms with E-state index in [1.165, 1.54) is 12.1 Å². The second-order valence-electron chi connectivity index (χ2n) is 6.46. The first kappa shape index (κ1) is 22.5. The summed E-state index contributed by atoms with van der Waals surface area (Å²) in [6.45, 7) is 2.64. The van der Waals surface area contributed by atoms with Crippen LogP contribution in [0.3, 0.4) is 0 Å². The maximum Gasteiger partial charge on any atom is 0.435 e. The summed E-state index contributed by atoms with van der Waals surface area (Å²) in [5.41, 5.74) is -1.55. The molecule has 0 aliphatic heterocycles. The first-order valence-corrected chi connectivity index (χ1v) is 9.64. The van der Waals surface area contributed by atoms with E-state index in [9.17, 15) is 22.4 Å². The average Bonchev–Trinajstić information content (AvgIpc) is 2.69. The summed E-state index contributed by atoms with van der Waals surface area (Å²) in [6.07, 6.45) is -4.83. The summed E-state index contributed by atoms with van der Waals surface area (Å²) >= 11 is 0.945. The second kappa shape index (κ2) is 8.90. The Hall–Kier alpha value is -3.18. The van der Waals surface area contributed by atoms with E-state index in [1.54, 1.807) is 31.2 Å². The summed E-state index contributed by atoms with van der Waals surface area (Å²) in [6, 6.07) is 10.0. The van der Waals surface area contributed by atoms with Gasteiger partial charge in [-0.15, -0.1) is 10.2 Å². The van der Waals surface area contributed by atoms with Gasteiger partial charge in [-0.2, -0.15) is 13.2 Å². The number of anilines is 1. The van der Waals surface area contributed by atoms with Gasteiger partial charge in [0, 0.05) is 10.6 Å². The molecule has 0 unspecified atom stereocenters. The van der Waals surface area contributed by atoms with Crippen LogP contribution < -0.4 is 15.2 Å². The van der Waals surface area contributed by atoms with E-state index in [1.807, 2.05) is 0 Å². The van der Waals surface area contributed by atoms with Crippen molar-refractivity contribution in [1.82, 2.24) is 10.2 Å². The van der Waals surface area contributed by atoms with Gasteiger partial charge in [0.2, 0.25) is 0 Å². The number of ether oxygens (including phenoxy) is 1. The molecule has 1 heterocycles. The highest BCUT2D eigenvalue weighted by Crippen LogP contribution is 2.35. The van der Waals surface area contributed by atoms with Gasteiger partial charge in [0.25, 0.3) is 11.8 Å². The minimum Gasteiger partial charge on any atom is -0.437 e. The maximum atomic E-state index is 13.4. The molecule has 3 N–H and O–H groups in total. The van der Waals surface area contributed by atoms with E-state index in [4.69, 9.17) is 9.88 Å². The molecule has 3 rings (SSSR count). The van der Waals surface area contributed by atoms with Gasteiger partial charge >= 0.3 is 6.18 Å². The Morgan fingerprint density at radius 1 is 1.13 bits per heavy atom. The molecule has 0 saturated carbocycles. The predicted molar refractivity (Wildman–Crippen MR) is 107 cm³/mol. The molecule has 31 heavy (non-hydrogen) atoms. The van der Waals surface area contributed by atoms with Gasteiger partial charge in [-0.25, -0.2) is 4.39 Å². The summed E-state index contributed by atoms with van der Waals surface area (Å²) in [7, 11) is 0. The van der Waals surface area contributed by atoms with Gasteiger partial charge in [-0.1, -0.05) is 6.07 Å².